The van der Waals surface area contributed by atoms with Gasteiger partial charge in [0.05, 0.1) is 23.6 Å². The van der Waals surface area contributed by atoms with Crippen LogP contribution in [0, 0.1) is 5.92 Å². The molecule has 0 unspecified atom stereocenters. The first-order valence-electron chi connectivity index (χ1n) is 12.4. The number of aliphatic hydroxyl groups is 2. The lowest BCUT2D eigenvalue weighted by molar-refractivity contribution is -0.218. The van der Waals surface area contributed by atoms with Gasteiger partial charge < -0.3 is 24.4 Å². The molecule has 0 spiro atoms. The highest BCUT2D eigenvalue weighted by Gasteiger charge is 2.50. The lowest BCUT2D eigenvalue weighted by atomic mass is 9.87. The maximum absolute atomic E-state index is 14.0. The highest BCUT2D eigenvalue weighted by atomic mass is 79.9. The molecule has 2 amide bonds. The fourth-order valence-electron chi connectivity index (χ4n) is 4.64. The first kappa shape index (κ1) is 28.1. The minimum absolute atomic E-state index is 0.00462. The molecule has 0 aliphatic carbocycles. The van der Waals surface area contributed by atoms with Crippen molar-refractivity contribution >= 4 is 33.7 Å². The lowest BCUT2D eigenvalue weighted by Gasteiger charge is -2.38. The van der Waals surface area contributed by atoms with E-state index in [0.29, 0.717) is 6.42 Å². The third kappa shape index (κ3) is 6.39. The average molecular weight is 588 g/mol. The van der Waals surface area contributed by atoms with Gasteiger partial charge in [-0.25, -0.2) is 9.69 Å². The van der Waals surface area contributed by atoms with Crippen molar-refractivity contribution in [2.75, 3.05) is 26.4 Å². The van der Waals surface area contributed by atoms with E-state index in [1.54, 1.807) is 12.1 Å². The second-order valence-electron chi connectivity index (χ2n) is 9.16. The number of hydrogen-bond acceptors (Lipinski definition) is 8. The fraction of sp³-hybridized carbons (Fsp3) is 0.393. The monoisotopic (exact) mass is 587 g/mol. The Morgan fingerprint density at radius 2 is 1.79 bits per heavy atom. The van der Waals surface area contributed by atoms with Crippen LogP contribution < -0.4 is 0 Å². The normalized spacial score (nSPS) is 24.2. The molecule has 0 bridgehead atoms. The van der Waals surface area contributed by atoms with Gasteiger partial charge in [0.15, 0.2) is 11.6 Å². The van der Waals surface area contributed by atoms with E-state index < -0.39 is 41.6 Å². The molecule has 2 heterocycles. The number of imide groups is 1. The van der Waals surface area contributed by atoms with Gasteiger partial charge in [0.1, 0.15) is 18.8 Å². The number of benzene rings is 2. The zero-order valence-corrected chi connectivity index (χ0v) is 22.3. The summed E-state index contributed by atoms with van der Waals surface area (Å²) in [6.07, 6.45) is -0.376. The van der Waals surface area contributed by atoms with Crippen molar-refractivity contribution in [1.82, 2.24) is 4.90 Å². The Bertz CT molecular complexity index is 1160. The number of halogens is 1. The zero-order valence-electron chi connectivity index (χ0n) is 20.7. The minimum atomic E-state index is -1.87. The van der Waals surface area contributed by atoms with Crippen LogP contribution in [0.15, 0.2) is 71.2 Å². The van der Waals surface area contributed by atoms with Gasteiger partial charge in [-0.1, -0.05) is 60.7 Å². The molecule has 2 aliphatic rings. The molecule has 38 heavy (non-hydrogen) atoms. The van der Waals surface area contributed by atoms with Crippen LogP contribution in [0.25, 0.3) is 0 Å². The Morgan fingerprint density at radius 3 is 2.47 bits per heavy atom. The largest absolute Gasteiger partial charge is 0.446 e. The predicted octanol–water partition coefficient (Wildman–Crippen LogP) is 3.29. The van der Waals surface area contributed by atoms with Crippen LogP contribution in [-0.2, 0) is 30.2 Å². The highest BCUT2D eigenvalue weighted by molar-refractivity contribution is 9.11. The molecule has 2 aliphatic heterocycles. The number of hydrogen-bond donors (Lipinski definition) is 2. The molecule has 4 rings (SSSR count). The summed E-state index contributed by atoms with van der Waals surface area (Å²) >= 11 is 3.25. The molecule has 9 nitrogen and oxygen atoms in total. The van der Waals surface area contributed by atoms with E-state index in [0.717, 1.165) is 16.0 Å². The Morgan fingerprint density at radius 1 is 1.11 bits per heavy atom. The van der Waals surface area contributed by atoms with Crippen LogP contribution in [0.5, 0.6) is 0 Å². The number of ketones is 1. The third-order valence-electron chi connectivity index (χ3n) is 6.56. The maximum Gasteiger partial charge on any atom is 0.417 e. The number of aliphatic hydroxyl groups excluding tert-OH is 1. The number of amides is 2. The van der Waals surface area contributed by atoms with Gasteiger partial charge in [-0.15, -0.1) is 0 Å². The molecule has 4 atom stereocenters. The van der Waals surface area contributed by atoms with E-state index in [2.05, 4.69) is 15.9 Å². The molecule has 202 valence electrons. The van der Waals surface area contributed by atoms with Gasteiger partial charge in [-0.05, 0) is 46.0 Å². The minimum Gasteiger partial charge on any atom is -0.446 e. The van der Waals surface area contributed by atoms with Crippen LogP contribution in [0.4, 0.5) is 4.79 Å². The molecule has 2 aromatic carbocycles. The van der Waals surface area contributed by atoms with Gasteiger partial charge in [0, 0.05) is 13.0 Å². The summed E-state index contributed by atoms with van der Waals surface area (Å²) in [5.74, 6) is -4.11. The van der Waals surface area contributed by atoms with Crippen molar-refractivity contribution in [2.45, 2.75) is 37.2 Å². The van der Waals surface area contributed by atoms with Crippen molar-refractivity contribution < 1.29 is 38.8 Å². The molecular formula is C28H30BrNO8. The molecule has 10 heteroatoms. The molecule has 0 aromatic heterocycles. The van der Waals surface area contributed by atoms with Crippen molar-refractivity contribution in [2.24, 2.45) is 5.92 Å². The van der Waals surface area contributed by atoms with Crippen LogP contribution >= 0.6 is 15.9 Å². The average Bonchev–Trinajstić information content (AvgIpc) is 3.31. The lowest BCUT2D eigenvalue weighted by Crippen LogP contribution is -2.52. The second-order valence-corrected chi connectivity index (χ2v) is 10.0. The Labute approximate surface area is 229 Å². The number of carbonyl (C=O) groups is 3. The zero-order chi connectivity index (χ0) is 27.1. The smallest absolute Gasteiger partial charge is 0.417 e. The fourth-order valence-corrected chi connectivity index (χ4v) is 5.16. The number of carbonyl (C=O) groups excluding carboxylic acids is 3. The third-order valence-corrected chi connectivity index (χ3v) is 7.41. The number of rotatable bonds is 11. The molecular weight excluding hydrogens is 558 g/mol. The van der Waals surface area contributed by atoms with E-state index in [9.17, 15) is 19.5 Å². The standard InChI is InChI=1S/C28H30BrNO8/c29-24-17-23(32)25(38-28(24,35)12-7-14-36-15-13-31)21(16-19-8-3-1-4-9-19)26(33)30-22(18-37-27(30)34)20-10-5-2-6-11-20/h1-6,8-11,17,21-22,25,31,35H,7,12-16,18H2/t21-,22+,25-,28+/m0/s1. The maximum atomic E-state index is 14.0. The van der Waals surface area contributed by atoms with Crippen LogP contribution in [0.2, 0.25) is 0 Å². The quantitative estimate of drug-likeness (QED) is 0.384. The first-order chi connectivity index (χ1) is 18.3. The second kappa shape index (κ2) is 12.8. The summed E-state index contributed by atoms with van der Waals surface area (Å²) < 4.78 is 16.6. The van der Waals surface area contributed by atoms with E-state index >= 15 is 0 Å². The Hall–Kier alpha value is -2.89. The molecule has 1 saturated heterocycles. The van der Waals surface area contributed by atoms with Crippen LogP contribution in [-0.4, -0.2) is 71.2 Å². The Kier molecular flexibility index (Phi) is 9.45. The van der Waals surface area contributed by atoms with Crippen LogP contribution in [0.1, 0.15) is 30.0 Å². The summed E-state index contributed by atoms with van der Waals surface area (Å²) in [5, 5.41) is 20.2. The Balaban J connectivity index is 1.63. The van der Waals surface area contributed by atoms with E-state index in [-0.39, 0.29) is 43.8 Å². The summed E-state index contributed by atoms with van der Waals surface area (Å²) in [4.78, 5) is 41.1. The van der Waals surface area contributed by atoms with Crippen molar-refractivity contribution in [1.29, 1.82) is 0 Å². The van der Waals surface area contributed by atoms with E-state index in [4.69, 9.17) is 19.3 Å². The van der Waals surface area contributed by atoms with Crippen molar-refractivity contribution in [3.05, 3.63) is 82.3 Å². The van der Waals surface area contributed by atoms with Crippen LogP contribution in [0.3, 0.4) is 0 Å². The van der Waals surface area contributed by atoms with Crippen molar-refractivity contribution in [3.63, 3.8) is 0 Å². The van der Waals surface area contributed by atoms with Gasteiger partial charge in [-0.3, -0.25) is 9.59 Å². The number of cyclic esters (lactones) is 1. The summed E-state index contributed by atoms with van der Waals surface area (Å²) in [6.45, 7) is 0.303. The van der Waals surface area contributed by atoms with Gasteiger partial charge in [-0.2, -0.15) is 0 Å². The molecule has 1 fully saturated rings. The summed E-state index contributed by atoms with van der Waals surface area (Å²) in [6, 6.07) is 17.5. The first-order valence-corrected chi connectivity index (χ1v) is 13.2. The van der Waals surface area contributed by atoms with Gasteiger partial charge >= 0.3 is 6.09 Å². The van der Waals surface area contributed by atoms with E-state index in [1.807, 2.05) is 48.5 Å². The van der Waals surface area contributed by atoms with E-state index in [1.165, 1.54) is 6.08 Å². The summed E-state index contributed by atoms with van der Waals surface area (Å²) in [7, 11) is 0. The molecule has 2 aromatic rings. The molecule has 0 radical (unpaired) electrons. The highest BCUT2D eigenvalue weighted by Crippen LogP contribution is 2.38. The SMILES string of the molecule is O=C1C=C(Br)[C@@](O)(CCCOCCO)O[C@H]1[C@H](Cc1ccccc1)C(=O)N1C(=O)OC[C@@H]1c1ccccc1. The number of nitrogens with zero attached hydrogens (tertiary/aromatic N) is 1. The topological polar surface area (TPSA) is 123 Å². The predicted molar refractivity (Wildman–Crippen MR) is 140 cm³/mol. The summed E-state index contributed by atoms with van der Waals surface area (Å²) in [5.41, 5.74) is 1.49. The van der Waals surface area contributed by atoms with Gasteiger partial charge in [0.2, 0.25) is 5.91 Å². The number of ether oxygens (including phenoxy) is 3. The van der Waals surface area contributed by atoms with Gasteiger partial charge in [0.25, 0.3) is 0 Å². The molecule has 2 N–H and O–H groups in total. The molecule has 0 saturated carbocycles. The van der Waals surface area contributed by atoms with Crippen molar-refractivity contribution in [3.8, 4) is 0 Å².